The summed E-state index contributed by atoms with van der Waals surface area (Å²) in [5, 5.41) is 3.06. The van der Waals surface area contributed by atoms with Gasteiger partial charge >= 0.3 is 0 Å². The van der Waals surface area contributed by atoms with Crippen LogP contribution >= 0.6 is 0 Å². The van der Waals surface area contributed by atoms with Crippen LogP contribution in [0, 0.1) is 0 Å². The van der Waals surface area contributed by atoms with Crippen molar-refractivity contribution in [3.05, 3.63) is 72.2 Å². The number of fused-ring (bicyclic) bond motifs is 1. The summed E-state index contributed by atoms with van der Waals surface area (Å²) in [5.41, 5.74) is 3.18. The van der Waals surface area contributed by atoms with E-state index in [9.17, 15) is 4.79 Å². The van der Waals surface area contributed by atoms with Crippen LogP contribution in [0.1, 0.15) is 30.1 Å². The second-order valence-electron chi connectivity index (χ2n) is 6.74. The lowest BCUT2D eigenvalue weighted by molar-refractivity contribution is -0.123. The Morgan fingerprint density at radius 3 is 2.78 bits per heavy atom. The zero-order valence-electron chi connectivity index (χ0n) is 15.4. The van der Waals surface area contributed by atoms with Crippen molar-refractivity contribution in [1.29, 1.82) is 0 Å². The predicted octanol–water partition coefficient (Wildman–Crippen LogP) is 3.75. The standard InChI is InChI=1S/C22H23N3O2/c1-27-20-12-6-5-10-17(20)14-24-22(26)18-11-7-13-25-19(15-23-21(18)25)16-8-3-2-4-9-16/h2-6,8-10,12,15,18H,7,11,13-14H2,1H3,(H,24,26). The predicted molar refractivity (Wildman–Crippen MR) is 104 cm³/mol. The molecule has 0 bridgehead atoms. The van der Waals surface area contributed by atoms with E-state index >= 15 is 0 Å². The van der Waals surface area contributed by atoms with E-state index in [1.807, 2.05) is 48.7 Å². The van der Waals surface area contributed by atoms with Crippen LogP contribution in [0.15, 0.2) is 60.8 Å². The minimum atomic E-state index is -0.217. The van der Waals surface area contributed by atoms with E-state index in [0.717, 1.165) is 47.8 Å². The summed E-state index contributed by atoms with van der Waals surface area (Å²) in [6, 6.07) is 18.0. The molecule has 1 aromatic heterocycles. The second kappa shape index (κ2) is 7.66. The Kier molecular flexibility index (Phi) is 4.92. The number of aromatic nitrogens is 2. The number of amides is 1. The first kappa shape index (κ1) is 17.3. The number of methoxy groups -OCH3 is 1. The Bertz CT molecular complexity index is 934. The van der Waals surface area contributed by atoms with Crippen LogP contribution in [0.25, 0.3) is 11.3 Å². The van der Waals surface area contributed by atoms with E-state index in [0.29, 0.717) is 6.54 Å². The molecule has 1 unspecified atom stereocenters. The fraction of sp³-hybridized carbons (Fsp3) is 0.273. The van der Waals surface area contributed by atoms with Crippen molar-refractivity contribution in [2.45, 2.75) is 31.8 Å². The zero-order valence-corrected chi connectivity index (χ0v) is 15.4. The SMILES string of the molecule is COc1ccccc1CNC(=O)C1CCCn2c(-c3ccccc3)cnc21. The number of hydrogen-bond acceptors (Lipinski definition) is 3. The van der Waals surface area contributed by atoms with Crippen LogP contribution in [-0.2, 0) is 17.9 Å². The summed E-state index contributed by atoms with van der Waals surface area (Å²) in [4.78, 5) is 17.5. The lowest BCUT2D eigenvalue weighted by atomic mass is 9.97. The minimum absolute atomic E-state index is 0.0204. The molecule has 1 aliphatic rings. The normalized spacial score (nSPS) is 15.8. The molecule has 3 aromatic rings. The summed E-state index contributed by atoms with van der Waals surface area (Å²) in [5.74, 6) is 1.45. The topological polar surface area (TPSA) is 56.1 Å². The van der Waals surface area contributed by atoms with Crippen LogP contribution < -0.4 is 10.1 Å². The van der Waals surface area contributed by atoms with Gasteiger partial charge in [-0.2, -0.15) is 0 Å². The number of nitrogens with one attached hydrogen (secondary N) is 1. The van der Waals surface area contributed by atoms with Crippen LogP contribution in [0.3, 0.4) is 0 Å². The summed E-state index contributed by atoms with van der Waals surface area (Å²) in [7, 11) is 1.64. The monoisotopic (exact) mass is 361 g/mol. The highest BCUT2D eigenvalue weighted by molar-refractivity contribution is 5.83. The molecule has 1 atom stereocenters. The average molecular weight is 361 g/mol. The fourth-order valence-corrected chi connectivity index (χ4v) is 3.73. The van der Waals surface area contributed by atoms with E-state index in [2.05, 4.69) is 27.0 Å². The van der Waals surface area contributed by atoms with Crippen molar-refractivity contribution in [2.75, 3.05) is 7.11 Å². The number of rotatable bonds is 5. The first-order chi connectivity index (χ1) is 13.3. The summed E-state index contributed by atoms with van der Waals surface area (Å²) < 4.78 is 7.55. The van der Waals surface area contributed by atoms with Gasteiger partial charge in [-0.3, -0.25) is 4.79 Å². The number of ether oxygens (including phenoxy) is 1. The largest absolute Gasteiger partial charge is 0.496 e. The van der Waals surface area contributed by atoms with Gasteiger partial charge in [0, 0.05) is 18.7 Å². The lowest BCUT2D eigenvalue weighted by Gasteiger charge is -2.24. The maximum Gasteiger partial charge on any atom is 0.230 e. The molecule has 0 saturated heterocycles. The van der Waals surface area contributed by atoms with Gasteiger partial charge in [-0.15, -0.1) is 0 Å². The molecule has 5 heteroatoms. The van der Waals surface area contributed by atoms with Crippen molar-refractivity contribution in [1.82, 2.24) is 14.9 Å². The second-order valence-corrected chi connectivity index (χ2v) is 6.74. The van der Waals surface area contributed by atoms with Crippen LogP contribution in [0.2, 0.25) is 0 Å². The van der Waals surface area contributed by atoms with E-state index in [1.165, 1.54) is 0 Å². The van der Waals surface area contributed by atoms with Gasteiger partial charge < -0.3 is 14.6 Å². The molecule has 2 aromatic carbocycles. The number of para-hydroxylation sites is 1. The van der Waals surface area contributed by atoms with E-state index < -0.39 is 0 Å². The van der Waals surface area contributed by atoms with Crippen molar-refractivity contribution >= 4 is 5.91 Å². The Balaban J connectivity index is 1.53. The molecular formula is C22H23N3O2. The Labute approximate surface area is 159 Å². The molecule has 1 aliphatic heterocycles. The molecule has 0 aliphatic carbocycles. The number of carbonyl (C=O) groups excluding carboxylic acids is 1. The molecule has 138 valence electrons. The first-order valence-corrected chi connectivity index (χ1v) is 9.28. The van der Waals surface area contributed by atoms with Gasteiger partial charge in [-0.1, -0.05) is 48.5 Å². The quantitative estimate of drug-likeness (QED) is 0.753. The number of hydrogen-bond donors (Lipinski definition) is 1. The summed E-state index contributed by atoms with van der Waals surface area (Å²) in [6.07, 6.45) is 3.68. The third-order valence-electron chi connectivity index (χ3n) is 5.10. The molecular weight excluding hydrogens is 338 g/mol. The van der Waals surface area contributed by atoms with Gasteiger partial charge in [0.05, 0.1) is 24.9 Å². The van der Waals surface area contributed by atoms with Gasteiger partial charge in [0.25, 0.3) is 0 Å². The highest BCUT2D eigenvalue weighted by Crippen LogP contribution is 2.31. The van der Waals surface area contributed by atoms with E-state index in [1.54, 1.807) is 7.11 Å². The average Bonchev–Trinajstić information content (AvgIpc) is 3.17. The van der Waals surface area contributed by atoms with Gasteiger partial charge in [0.1, 0.15) is 11.6 Å². The van der Waals surface area contributed by atoms with Crippen molar-refractivity contribution in [3.8, 4) is 17.0 Å². The third-order valence-corrected chi connectivity index (χ3v) is 5.10. The number of nitrogens with zero attached hydrogens (tertiary/aromatic N) is 2. The smallest absolute Gasteiger partial charge is 0.230 e. The number of imidazole rings is 1. The van der Waals surface area contributed by atoms with E-state index in [4.69, 9.17) is 4.74 Å². The third kappa shape index (κ3) is 3.45. The molecule has 4 rings (SSSR count). The Hall–Kier alpha value is -3.08. The van der Waals surface area contributed by atoms with Gasteiger partial charge in [0.15, 0.2) is 0 Å². The molecule has 0 saturated carbocycles. The Morgan fingerprint density at radius 1 is 1.19 bits per heavy atom. The molecule has 0 spiro atoms. The van der Waals surface area contributed by atoms with Crippen LogP contribution in [-0.4, -0.2) is 22.6 Å². The molecule has 0 radical (unpaired) electrons. The number of carbonyl (C=O) groups is 1. The highest BCUT2D eigenvalue weighted by Gasteiger charge is 2.29. The Morgan fingerprint density at radius 2 is 1.96 bits per heavy atom. The fourth-order valence-electron chi connectivity index (χ4n) is 3.73. The van der Waals surface area contributed by atoms with Gasteiger partial charge in [-0.25, -0.2) is 4.98 Å². The van der Waals surface area contributed by atoms with Crippen LogP contribution in [0.5, 0.6) is 5.75 Å². The van der Waals surface area contributed by atoms with E-state index in [-0.39, 0.29) is 11.8 Å². The zero-order chi connectivity index (χ0) is 18.6. The minimum Gasteiger partial charge on any atom is -0.496 e. The van der Waals surface area contributed by atoms with Crippen molar-refractivity contribution in [2.24, 2.45) is 0 Å². The van der Waals surface area contributed by atoms with Crippen molar-refractivity contribution < 1.29 is 9.53 Å². The molecule has 0 fully saturated rings. The number of benzene rings is 2. The lowest BCUT2D eigenvalue weighted by Crippen LogP contribution is -2.33. The highest BCUT2D eigenvalue weighted by atomic mass is 16.5. The molecule has 1 N–H and O–H groups in total. The molecule has 27 heavy (non-hydrogen) atoms. The van der Waals surface area contributed by atoms with Crippen molar-refractivity contribution in [3.63, 3.8) is 0 Å². The maximum atomic E-state index is 12.9. The molecule has 1 amide bonds. The van der Waals surface area contributed by atoms with Gasteiger partial charge in [0.2, 0.25) is 5.91 Å². The molecule has 2 heterocycles. The van der Waals surface area contributed by atoms with Gasteiger partial charge in [-0.05, 0) is 24.5 Å². The first-order valence-electron chi connectivity index (χ1n) is 9.28. The summed E-state index contributed by atoms with van der Waals surface area (Å²) in [6.45, 7) is 1.35. The van der Waals surface area contributed by atoms with Crippen LogP contribution in [0.4, 0.5) is 0 Å². The molecule has 5 nitrogen and oxygen atoms in total. The maximum absolute atomic E-state index is 12.9. The summed E-state index contributed by atoms with van der Waals surface area (Å²) >= 11 is 0.